The van der Waals surface area contributed by atoms with Gasteiger partial charge in [0, 0.05) is 75.2 Å². The van der Waals surface area contributed by atoms with Crippen LogP contribution < -0.4 is 21.1 Å². The van der Waals surface area contributed by atoms with Crippen molar-refractivity contribution in [2.45, 2.75) is 44.4 Å². The normalized spacial score (nSPS) is 17.5. The molecule has 2 fully saturated rings. The average Bonchev–Trinajstić information content (AvgIpc) is 3.55. The summed E-state index contributed by atoms with van der Waals surface area (Å²) >= 11 is 0. The van der Waals surface area contributed by atoms with E-state index < -0.39 is 17.8 Å². The molecule has 0 spiro atoms. The Morgan fingerprint density at radius 3 is 2.70 bits per heavy atom. The topological polar surface area (TPSA) is 145 Å². The molecule has 44 heavy (non-hydrogen) atoms. The number of carbonyl (C=O) groups is 2. The lowest BCUT2D eigenvalue weighted by Crippen LogP contribution is -2.50. The second-order valence-corrected chi connectivity index (χ2v) is 11.0. The standard InChI is InChI=1S/C29H32F3N9O3/c1-3-23(42)40-9-4-5-17(15-40)27-37-24(25-26(33)35-8-10-41(25)27)19-7-6-16(11-20(19)44-18-13-34-14-18)28(43)36-22-12-21(29(30,31)32)39(2)38-22/h6-8,10-12,17-18,34H,3-5,9,13-15H2,1-2H3,(H2,33,35)(H,36,38,43). The van der Waals surface area contributed by atoms with Crippen LogP contribution in [0.2, 0.25) is 0 Å². The van der Waals surface area contributed by atoms with Crippen LogP contribution in [0.5, 0.6) is 5.75 Å². The number of benzene rings is 1. The van der Waals surface area contributed by atoms with E-state index in [1.807, 2.05) is 16.2 Å². The maximum atomic E-state index is 13.2. The van der Waals surface area contributed by atoms with E-state index in [0.29, 0.717) is 59.8 Å². The van der Waals surface area contributed by atoms with E-state index in [1.54, 1.807) is 24.5 Å². The number of anilines is 2. The first-order chi connectivity index (χ1) is 21.0. The molecule has 12 nitrogen and oxygen atoms in total. The smallest absolute Gasteiger partial charge is 0.433 e. The number of hydrogen-bond acceptors (Lipinski definition) is 8. The number of hydrogen-bond donors (Lipinski definition) is 3. The molecule has 6 rings (SSSR count). The molecule has 0 aliphatic carbocycles. The minimum absolute atomic E-state index is 0.0347. The van der Waals surface area contributed by atoms with Gasteiger partial charge in [0.2, 0.25) is 5.91 Å². The van der Waals surface area contributed by atoms with E-state index in [1.165, 1.54) is 6.07 Å². The number of piperidine rings is 1. The van der Waals surface area contributed by atoms with Gasteiger partial charge in [0.15, 0.2) is 5.82 Å². The van der Waals surface area contributed by atoms with Gasteiger partial charge in [-0.05, 0) is 31.0 Å². The van der Waals surface area contributed by atoms with Crippen LogP contribution in [0, 0.1) is 0 Å². The summed E-state index contributed by atoms with van der Waals surface area (Å²) in [5.74, 6) is 0.537. The maximum Gasteiger partial charge on any atom is 0.433 e. The molecule has 2 aliphatic heterocycles. The molecule has 1 atom stereocenters. The third-order valence-electron chi connectivity index (χ3n) is 8.00. The molecule has 4 aromatic rings. The number of halogens is 3. The third kappa shape index (κ3) is 5.54. The molecular weight excluding hydrogens is 579 g/mol. The SMILES string of the molecule is CCC(=O)N1CCCC(c2nc(-c3ccc(C(=O)Nc4cc(C(F)(F)F)n(C)n4)cc3OC3CNC3)c3c(N)nccn23)C1. The summed E-state index contributed by atoms with van der Waals surface area (Å²) in [5, 5.41) is 9.37. The number of aromatic nitrogens is 5. The van der Waals surface area contributed by atoms with Gasteiger partial charge in [-0.2, -0.15) is 18.3 Å². The van der Waals surface area contributed by atoms with Gasteiger partial charge in [0.1, 0.15) is 40.4 Å². The van der Waals surface area contributed by atoms with Crippen molar-refractivity contribution in [1.29, 1.82) is 0 Å². The number of imidazole rings is 1. The number of aryl methyl sites for hydroxylation is 1. The molecule has 1 aromatic carbocycles. The second kappa shape index (κ2) is 11.4. The highest BCUT2D eigenvalue weighted by Crippen LogP contribution is 2.39. The van der Waals surface area contributed by atoms with Gasteiger partial charge < -0.3 is 26.0 Å². The Balaban J connectivity index is 1.38. The molecule has 2 saturated heterocycles. The second-order valence-electron chi connectivity index (χ2n) is 11.0. The Morgan fingerprint density at radius 1 is 1.23 bits per heavy atom. The van der Waals surface area contributed by atoms with E-state index in [0.717, 1.165) is 31.8 Å². The summed E-state index contributed by atoms with van der Waals surface area (Å²) in [6.45, 7) is 4.29. The number of carbonyl (C=O) groups excluding carboxylic acids is 2. The van der Waals surface area contributed by atoms with Crippen LogP contribution in [-0.2, 0) is 18.0 Å². The first-order valence-corrected chi connectivity index (χ1v) is 14.4. The molecule has 4 N–H and O–H groups in total. The van der Waals surface area contributed by atoms with Crippen LogP contribution in [0.3, 0.4) is 0 Å². The minimum Gasteiger partial charge on any atom is -0.487 e. The van der Waals surface area contributed by atoms with E-state index in [2.05, 4.69) is 20.7 Å². The lowest BCUT2D eigenvalue weighted by atomic mass is 9.97. The highest BCUT2D eigenvalue weighted by atomic mass is 19.4. The number of fused-ring (bicyclic) bond motifs is 1. The van der Waals surface area contributed by atoms with Crippen molar-refractivity contribution in [1.82, 2.24) is 34.4 Å². The molecule has 0 bridgehead atoms. The molecule has 2 aliphatic rings. The van der Waals surface area contributed by atoms with Crippen molar-refractivity contribution in [2.75, 3.05) is 37.2 Å². The van der Waals surface area contributed by atoms with Crippen LogP contribution in [0.25, 0.3) is 16.8 Å². The predicted molar refractivity (Wildman–Crippen MR) is 155 cm³/mol. The summed E-state index contributed by atoms with van der Waals surface area (Å²) < 4.78 is 48.6. The quantitative estimate of drug-likeness (QED) is 0.288. The molecule has 232 valence electrons. The number of ether oxygens (including phenoxy) is 1. The highest BCUT2D eigenvalue weighted by Gasteiger charge is 2.35. The molecular formula is C29H32F3N9O3. The van der Waals surface area contributed by atoms with Crippen LogP contribution in [-0.4, -0.2) is 73.1 Å². The molecule has 15 heteroatoms. The first-order valence-electron chi connectivity index (χ1n) is 14.4. The minimum atomic E-state index is -4.62. The van der Waals surface area contributed by atoms with Gasteiger partial charge in [0.25, 0.3) is 5.91 Å². The Kier molecular flexibility index (Phi) is 7.65. The number of alkyl halides is 3. The van der Waals surface area contributed by atoms with Crippen LogP contribution in [0.1, 0.15) is 54.0 Å². The predicted octanol–water partition coefficient (Wildman–Crippen LogP) is 3.45. The van der Waals surface area contributed by atoms with Crippen molar-refractivity contribution in [3.05, 3.63) is 53.7 Å². The van der Waals surface area contributed by atoms with Crippen molar-refractivity contribution in [2.24, 2.45) is 7.05 Å². The number of nitrogens with zero attached hydrogens (tertiary/aromatic N) is 6. The fraction of sp³-hybridized carbons (Fsp3) is 0.414. The monoisotopic (exact) mass is 611 g/mol. The highest BCUT2D eigenvalue weighted by molar-refractivity contribution is 6.04. The maximum absolute atomic E-state index is 13.2. The Morgan fingerprint density at radius 2 is 2.02 bits per heavy atom. The van der Waals surface area contributed by atoms with E-state index in [9.17, 15) is 22.8 Å². The average molecular weight is 612 g/mol. The van der Waals surface area contributed by atoms with Gasteiger partial charge in [-0.15, -0.1) is 0 Å². The number of amides is 2. The number of nitrogens with one attached hydrogen (secondary N) is 2. The Hall–Kier alpha value is -4.66. The number of nitrogens with two attached hydrogens (primary N) is 1. The molecule has 0 radical (unpaired) electrons. The lowest BCUT2D eigenvalue weighted by molar-refractivity contribution is -0.143. The first kappa shape index (κ1) is 29.4. The lowest BCUT2D eigenvalue weighted by Gasteiger charge is -2.32. The van der Waals surface area contributed by atoms with Crippen LogP contribution in [0.4, 0.5) is 24.8 Å². The number of rotatable bonds is 7. The van der Waals surface area contributed by atoms with Gasteiger partial charge in [-0.1, -0.05) is 6.92 Å². The molecule has 2 amide bonds. The van der Waals surface area contributed by atoms with Crippen molar-refractivity contribution in [3.63, 3.8) is 0 Å². The largest absolute Gasteiger partial charge is 0.487 e. The number of nitrogen functional groups attached to an aromatic ring is 1. The Bertz CT molecular complexity index is 1730. The number of likely N-dealkylation sites (tertiary alicyclic amines) is 1. The zero-order valence-electron chi connectivity index (χ0n) is 24.2. The van der Waals surface area contributed by atoms with Gasteiger partial charge in [-0.3, -0.25) is 18.7 Å². The molecule has 5 heterocycles. The van der Waals surface area contributed by atoms with E-state index in [-0.39, 0.29) is 35.1 Å². The van der Waals surface area contributed by atoms with Crippen molar-refractivity contribution >= 4 is 29.0 Å². The zero-order valence-corrected chi connectivity index (χ0v) is 24.2. The van der Waals surface area contributed by atoms with Gasteiger partial charge in [0.05, 0.1) is 0 Å². The summed E-state index contributed by atoms with van der Waals surface area (Å²) in [6, 6.07) is 5.54. The van der Waals surface area contributed by atoms with Crippen LogP contribution >= 0.6 is 0 Å². The molecule has 3 aromatic heterocycles. The summed E-state index contributed by atoms with van der Waals surface area (Å²) in [6.07, 6.45) is 0.725. The fourth-order valence-electron chi connectivity index (χ4n) is 5.66. The third-order valence-corrected chi connectivity index (χ3v) is 8.00. The summed E-state index contributed by atoms with van der Waals surface area (Å²) in [5.41, 5.74) is 7.22. The fourth-order valence-corrected chi connectivity index (χ4v) is 5.66. The van der Waals surface area contributed by atoms with Gasteiger partial charge >= 0.3 is 6.18 Å². The van der Waals surface area contributed by atoms with Gasteiger partial charge in [-0.25, -0.2) is 9.97 Å². The van der Waals surface area contributed by atoms with E-state index in [4.69, 9.17) is 15.5 Å². The molecule has 0 saturated carbocycles. The zero-order chi connectivity index (χ0) is 31.2. The van der Waals surface area contributed by atoms with Crippen molar-refractivity contribution in [3.8, 4) is 17.0 Å². The summed E-state index contributed by atoms with van der Waals surface area (Å²) in [4.78, 5) is 36.8. The molecule has 1 unspecified atom stereocenters. The van der Waals surface area contributed by atoms with Crippen molar-refractivity contribution < 1.29 is 27.5 Å². The van der Waals surface area contributed by atoms with E-state index >= 15 is 0 Å². The summed E-state index contributed by atoms with van der Waals surface area (Å²) in [7, 11) is 1.16. The Labute approximate surface area is 250 Å². The van der Waals surface area contributed by atoms with Crippen LogP contribution in [0.15, 0.2) is 36.7 Å².